The van der Waals surface area contributed by atoms with Crippen LogP contribution in [0, 0.1) is 0 Å². The zero-order chi connectivity index (χ0) is 20.3. The molecule has 0 amide bonds. The minimum atomic E-state index is -3.24. The minimum absolute atomic E-state index is 0.0116. The first kappa shape index (κ1) is 22.2. The molecule has 0 aliphatic heterocycles. The monoisotopic (exact) mass is 451 g/mol. The lowest BCUT2D eigenvalue weighted by atomic mass is 9.83. The van der Waals surface area contributed by atoms with E-state index in [1.807, 2.05) is 0 Å². The van der Waals surface area contributed by atoms with Gasteiger partial charge in [0.25, 0.3) is 6.29 Å². The Morgan fingerprint density at radius 1 is 0.852 bits per heavy atom. The SMILES string of the molecule is O=[C][C@@](Oc1ccccc1)(c1ccccc1)[C@](O)(Cl)[C@@](O)(Cl)[C@@](O)(Cl)CCl. The fraction of sp³-hybridized carbons (Fsp3) is 0.278. The molecule has 0 saturated carbocycles. The third-order valence-corrected chi connectivity index (χ3v) is 6.18. The smallest absolute Gasteiger partial charge is 0.255 e. The third kappa shape index (κ3) is 3.78. The summed E-state index contributed by atoms with van der Waals surface area (Å²) in [5.74, 6) is -0.737. The molecule has 0 aliphatic rings. The van der Waals surface area contributed by atoms with Crippen LogP contribution in [0.15, 0.2) is 60.7 Å². The molecule has 2 aromatic rings. The van der Waals surface area contributed by atoms with Crippen molar-refractivity contribution >= 4 is 52.7 Å². The summed E-state index contributed by atoms with van der Waals surface area (Å²) in [6.07, 6.45) is 1.51. The van der Waals surface area contributed by atoms with Gasteiger partial charge in [0.1, 0.15) is 5.75 Å². The number of hydrogen-bond donors (Lipinski definition) is 3. The van der Waals surface area contributed by atoms with Crippen molar-refractivity contribution in [1.29, 1.82) is 0 Å². The zero-order valence-corrected chi connectivity index (χ0v) is 16.7. The van der Waals surface area contributed by atoms with Crippen LogP contribution in [0.1, 0.15) is 5.56 Å². The van der Waals surface area contributed by atoms with Gasteiger partial charge in [0, 0.05) is 5.56 Å². The van der Waals surface area contributed by atoms with Crippen molar-refractivity contribution < 1.29 is 24.9 Å². The van der Waals surface area contributed by atoms with Crippen LogP contribution in [0.25, 0.3) is 0 Å². The van der Waals surface area contributed by atoms with Crippen molar-refractivity contribution in [1.82, 2.24) is 0 Å². The number of aliphatic hydroxyl groups is 3. The first-order chi connectivity index (χ1) is 12.6. The number of hydrogen-bond acceptors (Lipinski definition) is 5. The van der Waals surface area contributed by atoms with Crippen molar-refractivity contribution in [3.8, 4) is 5.75 Å². The highest BCUT2D eigenvalue weighted by Gasteiger charge is 2.71. The van der Waals surface area contributed by atoms with E-state index in [-0.39, 0.29) is 11.3 Å². The molecular formula is C18H15Cl4O5. The van der Waals surface area contributed by atoms with Gasteiger partial charge in [-0.3, -0.25) is 4.79 Å². The van der Waals surface area contributed by atoms with Gasteiger partial charge in [0.05, 0.1) is 5.88 Å². The van der Waals surface area contributed by atoms with Gasteiger partial charge in [-0.15, -0.1) is 11.6 Å². The lowest BCUT2D eigenvalue weighted by Crippen LogP contribution is -2.70. The molecule has 2 aromatic carbocycles. The average molecular weight is 453 g/mol. The maximum atomic E-state index is 12.1. The highest BCUT2D eigenvalue weighted by atomic mass is 35.5. The lowest BCUT2D eigenvalue weighted by Gasteiger charge is -2.48. The molecule has 1 radical (unpaired) electrons. The molecule has 27 heavy (non-hydrogen) atoms. The molecule has 0 saturated heterocycles. The van der Waals surface area contributed by atoms with E-state index in [2.05, 4.69) is 0 Å². The van der Waals surface area contributed by atoms with Crippen LogP contribution in [-0.4, -0.2) is 42.7 Å². The van der Waals surface area contributed by atoms with E-state index in [1.165, 1.54) is 42.7 Å². The summed E-state index contributed by atoms with van der Waals surface area (Å²) in [5.41, 5.74) is -2.61. The van der Waals surface area contributed by atoms with Gasteiger partial charge in [0.15, 0.2) is 5.06 Å². The highest BCUT2D eigenvalue weighted by molar-refractivity contribution is 6.41. The van der Waals surface area contributed by atoms with Gasteiger partial charge in [-0.05, 0) is 12.1 Å². The standard InChI is InChI=1S/C18H15Cl4O5/c19-11-16(20,24)18(22,26)17(21,25)15(12-23,13-7-3-1-4-8-13)27-14-9-5-2-6-10-14/h1-10,24-26H,11H2/t15-,16-,17-,18-/m1/s1. The molecule has 9 heteroatoms. The second kappa shape index (κ2) is 8.13. The summed E-state index contributed by atoms with van der Waals surface area (Å²) < 4.78 is 5.67. The molecule has 145 valence electrons. The molecule has 0 bridgehead atoms. The molecule has 0 heterocycles. The van der Waals surface area contributed by atoms with E-state index in [9.17, 15) is 20.1 Å². The van der Waals surface area contributed by atoms with Gasteiger partial charge in [0.2, 0.25) is 15.7 Å². The summed E-state index contributed by atoms with van der Waals surface area (Å²) in [6, 6.07) is 15.3. The van der Waals surface area contributed by atoms with E-state index in [1.54, 1.807) is 24.3 Å². The van der Waals surface area contributed by atoms with Crippen molar-refractivity contribution in [3.05, 3.63) is 66.2 Å². The van der Waals surface area contributed by atoms with Gasteiger partial charge in [-0.2, -0.15) is 0 Å². The first-order valence-electron chi connectivity index (χ1n) is 7.54. The van der Waals surface area contributed by atoms with Gasteiger partial charge in [-0.1, -0.05) is 83.3 Å². The first-order valence-corrected chi connectivity index (χ1v) is 9.21. The molecule has 4 atom stereocenters. The van der Waals surface area contributed by atoms with Crippen molar-refractivity contribution in [2.24, 2.45) is 0 Å². The third-order valence-electron chi connectivity index (χ3n) is 3.93. The molecule has 5 nitrogen and oxygen atoms in total. The Hall–Kier alpha value is -1.05. The molecule has 0 aliphatic carbocycles. The molecule has 0 fully saturated rings. The Labute approximate surface area is 176 Å². The van der Waals surface area contributed by atoms with Crippen LogP contribution in [0.4, 0.5) is 0 Å². The average Bonchev–Trinajstić information content (AvgIpc) is 2.67. The Morgan fingerprint density at radius 3 is 1.78 bits per heavy atom. The predicted molar refractivity (Wildman–Crippen MR) is 104 cm³/mol. The lowest BCUT2D eigenvalue weighted by molar-refractivity contribution is -0.176. The Balaban J connectivity index is 2.73. The van der Waals surface area contributed by atoms with E-state index >= 15 is 0 Å². The normalized spacial score (nSPS) is 20.4. The fourth-order valence-electron chi connectivity index (χ4n) is 2.38. The number of para-hydroxylation sites is 1. The van der Waals surface area contributed by atoms with Crippen LogP contribution in [0.2, 0.25) is 0 Å². The minimum Gasteiger partial charge on any atom is -0.470 e. The molecular weight excluding hydrogens is 438 g/mol. The fourth-order valence-corrected chi connectivity index (χ4v) is 3.37. The van der Waals surface area contributed by atoms with Gasteiger partial charge < -0.3 is 20.1 Å². The molecule has 0 spiro atoms. The topological polar surface area (TPSA) is 87.0 Å². The highest BCUT2D eigenvalue weighted by Crippen LogP contribution is 2.52. The Morgan fingerprint density at radius 2 is 1.33 bits per heavy atom. The predicted octanol–water partition coefficient (Wildman–Crippen LogP) is 3.09. The quantitative estimate of drug-likeness (QED) is 0.535. The van der Waals surface area contributed by atoms with Crippen LogP contribution < -0.4 is 4.74 Å². The van der Waals surface area contributed by atoms with Crippen molar-refractivity contribution in [2.75, 3.05) is 5.88 Å². The molecule has 0 aromatic heterocycles. The Bertz CT molecular complexity index is 768. The van der Waals surface area contributed by atoms with Crippen LogP contribution in [0.5, 0.6) is 5.75 Å². The van der Waals surface area contributed by atoms with Crippen molar-refractivity contribution in [2.45, 2.75) is 20.8 Å². The van der Waals surface area contributed by atoms with E-state index in [4.69, 9.17) is 51.1 Å². The number of benzene rings is 2. The number of rotatable bonds is 8. The summed E-state index contributed by atoms with van der Waals surface area (Å²) in [7, 11) is 0. The number of halogens is 4. The molecule has 2 rings (SSSR count). The summed E-state index contributed by atoms with van der Waals surface area (Å²) in [4.78, 5) is 12.1. The summed E-state index contributed by atoms with van der Waals surface area (Å²) in [5, 5.41) is 22.6. The second-order valence-electron chi connectivity index (χ2n) is 5.70. The number of alkyl halides is 4. The molecule has 3 N–H and O–H groups in total. The van der Waals surface area contributed by atoms with E-state index in [0.717, 1.165) is 0 Å². The maximum absolute atomic E-state index is 12.1. The molecule has 0 unspecified atom stereocenters. The van der Waals surface area contributed by atoms with Crippen LogP contribution in [0.3, 0.4) is 0 Å². The second-order valence-corrected chi connectivity index (χ2v) is 7.69. The van der Waals surface area contributed by atoms with E-state index < -0.39 is 26.7 Å². The summed E-state index contributed by atoms with van der Waals surface area (Å²) >= 11 is 23.4. The largest absolute Gasteiger partial charge is 0.470 e. The van der Waals surface area contributed by atoms with Gasteiger partial charge in [-0.25, -0.2) is 0 Å². The van der Waals surface area contributed by atoms with Gasteiger partial charge >= 0.3 is 0 Å². The van der Waals surface area contributed by atoms with Crippen LogP contribution in [-0.2, 0) is 10.4 Å². The summed E-state index contributed by atoms with van der Waals surface area (Å²) in [6.45, 7) is 0. The van der Waals surface area contributed by atoms with E-state index in [0.29, 0.717) is 0 Å². The number of carbonyl (C=O) groups excluding carboxylic acids is 1. The zero-order valence-electron chi connectivity index (χ0n) is 13.7. The van der Waals surface area contributed by atoms with Crippen molar-refractivity contribution in [3.63, 3.8) is 0 Å². The van der Waals surface area contributed by atoms with Crippen LogP contribution >= 0.6 is 46.4 Å². The Kier molecular flexibility index (Phi) is 6.70. The maximum Gasteiger partial charge on any atom is 0.255 e. The number of ether oxygens (including phenoxy) is 1.